The van der Waals surface area contributed by atoms with Crippen molar-refractivity contribution in [1.82, 2.24) is 10.2 Å². The van der Waals surface area contributed by atoms with Crippen LogP contribution in [0.25, 0.3) is 0 Å². The number of nitrogens with one attached hydrogen (secondary N) is 1. The Bertz CT molecular complexity index is 537. The molecule has 1 aromatic rings. The van der Waals surface area contributed by atoms with Gasteiger partial charge in [-0.1, -0.05) is 12.1 Å². The van der Waals surface area contributed by atoms with Gasteiger partial charge in [0.15, 0.2) is 0 Å². The van der Waals surface area contributed by atoms with E-state index in [0.717, 1.165) is 0 Å². The monoisotopic (exact) mass is 290 g/mol. The first-order chi connectivity index (χ1) is 10.1. The van der Waals surface area contributed by atoms with E-state index in [0.29, 0.717) is 38.0 Å². The number of rotatable bonds is 4. The van der Waals surface area contributed by atoms with Crippen molar-refractivity contribution in [2.75, 3.05) is 19.6 Å². The zero-order chi connectivity index (χ0) is 15.2. The maximum atomic E-state index is 13.1. The molecule has 4 nitrogen and oxygen atoms in total. The molecule has 1 aliphatic rings. The van der Waals surface area contributed by atoms with Crippen LogP contribution in [0.1, 0.15) is 23.2 Å². The predicted octanol–water partition coefficient (Wildman–Crippen LogP) is 1.98. The maximum Gasteiger partial charge on any atom is 0.253 e. The average molecular weight is 290 g/mol. The molecule has 1 N–H and O–H groups in total. The standard InChI is InChI=1S/C16H19FN2O2/c1-2-8-18-15(20)12-6-9-19(10-7-12)16(21)13-4-3-5-14(17)11-13/h2-5,11-12H,1,6-10H2,(H,18,20). The summed E-state index contributed by atoms with van der Waals surface area (Å²) < 4.78 is 13.1. The van der Waals surface area contributed by atoms with E-state index in [1.807, 2.05) is 0 Å². The average Bonchev–Trinajstić information content (AvgIpc) is 2.52. The highest BCUT2D eigenvalue weighted by Gasteiger charge is 2.27. The van der Waals surface area contributed by atoms with Crippen molar-refractivity contribution in [3.05, 3.63) is 48.3 Å². The summed E-state index contributed by atoms with van der Waals surface area (Å²) >= 11 is 0. The number of carbonyl (C=O) groups is 2. The minimum Gasteiger partial charge on any atom is -0.352 e. The third-order valence-corrected chi connectivity index (χ3v) is 3.65. The third-order valence-electron chi connectivity index (χ3n) is 3.65. The van der Waals surface area contributed by atoms with Crippen molar-refractivity contribution in [2.24, 2.45) is 5.92 Å². The molecule has 1 saturated heterocycles. The number of carbonyl (C=O) groups excluding carboxylic acids is 2. The molecule has 0 aliphatic carbocycles. The molecule has 0 unspecified atom stereocenters. The van der Waals surface area contributed by atoms with Crippen LogP contribution >= 0.6 is 0 Å². The lowest BCUT2D eigenvalue weighted by molar-refractivity contribution is -0.126. The Morgan fingerprint density at radius 1 is 1.38 bits per heavy atom. The van der Waals surface area contributed by atoms with E-state index in [4.69, 9.17) is 0 Å². The summed E-state index contributed by atoms with van der Waals surface area (Å²) in [7, 11) is 0. The van der Waals surface area contributed by atoms with Gasteiger partial charge in [0.25, 0.3) is 5.91 Å². The van der Waals surface area contributed by atoms with Crippen molar-refractivity contribution in [3.8, 4) is 0 Å². The fourth-order valence-electron chi connectivity index (χ4n) is 2.47. The molecule has 21 heavy (non-hydrogen) atoms. The van der Waals surface area contributed by atoms with Crippen LogP contribution in [0.4, 0.5) is 4.39 Å². The van der Waals surface area contributed by atoms with Crippen molar-refractivity contribution in [2.45, 2.75) is 12.8 Å². The van der Waals surface area contributed by atoms with Gasteiger partial charge < -0.3 is 10.2 Å². The molecular formula is C16H19FN2O2. The van der Waals surface area contributed by atoms with Crippen molar-refractivity contribution >= 4 is 11.8 Å². The molecule has 2 amide bonds. The second-order valence-electron chi connectivity index (χ2n) is 5.11. The lowest BCUT2D eigenvalue weighted by Gasteiger charge is -2.31. The number of halogens is 1. The van der Waals surface area contributed by atoms with Crippen LogP contribution < -0.4 is 5.32 Å². The lowest BCUT2D eigenvalue weighted by atomic mass is 9.95. The fraction of sp³-hybridized carbons (Fsp3) is 0.375. The summed E-state index contributed by atoms with van der Waals surface area (Å²) in [6.45, 7) is 5.05. The number of amides is 2. The number of hydrogen-bond donors (Lipinski definition) is 1. The molecule has 0 saturated carbocycles. The summed E-state index contributed by atoms with van der Waals surface area (Å²) in [5.74, 6) is -0.659. The van der Waals surface area contributed by atoms with Gasteiger partial charge >= 0.3 is 0 Å². The van der Waals surface area contributed by atoms with E-state index in [1.165, 1.54) is 18.2 Å². The van der Waals surface area contributed by atoms with Gasteiger partial charge in [0.05, 0.1) is 0 Å². The van der Waals surface area contributed by atoms with Crippen LogP contribution in [0.5, 0.6) is 0 Å². The van der Waals surface area contributed by atoms with Crippen LogP contribution in [-0.4, -0.2) is 36.3 Å². The molecule has 2 rings (SSSR count). The van der Waals surface area contributed by atoms with Crippen LogP contribution in [0.15, 0.2) is 36.9 Å². The molecule has 1 aliphatic heterocycles. The molecule has 0 atom stereocenters. The highest BCUT2D eigenvalue weighted by Crippen LogP contribution is 2.19. The summed E-state index contributed by atoms with van der Waals surface area (Å²) in [6.07, 6.45) is 2.90. The first-order valence-corrected chi connectivity index (χ1v) is 7.05. The lowest BCUT2D eigenvalue weighted by Crippen LogP contribution is -2.43. The van der Waals surface area contributed by atoms with E-state index in [-0.39, 0.29) is 17.7 Å². The zero-order valence-corrected chi connectivity index (χ0v) is 11.8. The van der Waals surface area contributed by atoms with Crippen molar-refractivity contribution in [1.29, 1.82) is 0 Å². The molecule has 0 spiro atoms. The quantitative estimate of drug-likeness (QED) is 0.862. The Kier molecular flexibility index (Phi) is 5.09. The predicted molar refractivity (Wildman–Crippen MR) is 78.2 cm³/mol. The fourth-order valence-corrected chi connectivity index (χ4v) is 2.47. The largest absolute Gasteiger partial charge is 0.352 e. The highest BCUT2D eigenvalue weighted by molar-refractivity contribution is 5.94. The second-order valence-corrected chi connectivity index (χ2v) is 5.11. The summed E-state index contributed by atoms with van der Waals surface area (Å²) in [4.78, 5) is 25.8. The van der Waals surface area contributed by atoms with Gasteiger partial charge in [0, 0.05) is 31.1 Å². The number of hydrogen-bond acceptors (Lipinski definition) is 2. The topological polar surface area (TPSA) is 49.4 Å². The van der Waals surface area contributed by atoms with Crippen LogP contribution in [0.2, 0.25) is 0 Å². The van der Waals surface area contributed by atoms with E-state index >= 15 is 0 Å². The summed E-state index contributed by atoms with van der Waals surface area (Å²) in [5.41, 5.74) is 0.351. The first-order valence-electron chi connectivity index (χ1n) is 7.05. The van der Waals surface area contributed by atoms with Crippen LogP contribution in [0.3, 0.4) is 0 Å². The Hall–Kier alpha value is -2.17. The summed E-state index contributed by atoms with van der Waals surface area (Å²) in [5, 5.41) is 2.78. The van der Waals surface area contributed by atoms with Gasteiger partial charge in [0.1, 0.15) is 5.82 Å². The molecule has 0 radical (unpaired) electrons. The number of nitrogens with zero attached hydrogens (tertiary/aromatic N) is 1. The van der Waals surface area contributed by atoms with E-state index < -0.39 is 5.82 Å². The molecule has 5 heteroatoms. The third kappa shape index (κ3) is 3.90. The normalized spacial score (nSPS) is 15.6. The molecule has 1 aromatic carbocycles. The van der Waals surface area contributed by atoms with Gasteiger partial charge in [-0.25, -0.2) is 4.39 Å². The maximum absolute atomic E-state index is 13.1. The minimum atomic E-state index is -0.417. The van der Waals surface area contributed by atoms with Gasteiger partial charge in [-0.2, -0.15) is 0 Å². The molecular weight excluding hydrogens is 271 g/mol. The molecule has 1 fully saturated rings. The summed E-state index contributed by atoms with van der Waals surface area (Å²) in [6, 6.07) is 5.69. The molecule has 0 bridgehead atoms. The Labute approximate surface area is 123 Å². The van der Waals surface area contributed by atoms with Crippen LogP contribution in [0, 0.1) is 11.7 Å². The number of piperidine rings is 1. The minimum absolute atomic E-state index is 0.00718. The number of benzene rings is 1. The zero-order valence-electron chi connectivity index (χ0n) is 11.8. The molecule has 112 valence electrons. The first kappa shape index (κ1) is 15.2. The smallest absolute Gasteiger partial charge is 0.253 e. The van der Waals surface area contributed by atoms with Gasteiger partial charge in [0.2, 0.25) is 5.91 Å². The van der Waals surface area contributed by atoms with E-state index in [2.05, 4.69) is 11.9 Å². The van der Waals surface area contributed by atoms with E-state index in [1.54, 1.807) is 17.0 Å². The second kappa shape index (κ2) is 7.02. The number of likely N-dealkylation sites (tertiary alicyclic amines) is 1. The van der Waals surface area contributed by atoms with E-state index in [9.17, 15) is 14.0 Å². The SMILES string of the molecule is C=CCNC(=O)C1CCN(C(=O)c2cccc(F)c2)CC1. The Morgan fingerprint density at radius 2 is 2.10 bits per heavy atom. The van der Waals surface area contributed by atoms with Crippen LogP contribution in [-0.2, 0) is 4.79 Å². The molecule has 1 heterocycles. The Morgan fingerprint density at radius 3 is 2.71 bits per heavy atom. The van der Waals surface area contributed by atoms with Gasteiger partial charge in [-0.05, 0) is 31.0 Å². The Balaban J connectivity index is 1.90. The van der Waals surface area contributed by atoms with Gasteiger partial charge in [-0.15, -0.1) is 6.58 Å². The van der Waals surface area contributed by atoms with Gasteiger partial charge in [-0.3, -0.25) is 9.59 Å². The van der Waals surface area contributed by atoms with Crippen molar-refractivity contribution in [3.63, 3.8) is 0 Å². The molecule has 0 aromatic heterocycles. The van der Waals surface area contributed by atoms with Crippen molar-refractivity contribution < 1.29 is 14.0 Å². The highest BCUT2D eigenvalue weighted by atomic mass is 19.1.